The number of rotatable bonds is 2. The Kier molecular flexibility index (Phi) is 1.74. The molecule has 0 saturated heterocycles. The summed E-state index contributed by atoms with van der Waals surface area (Å²) in [5.41, 5.74) is 0.344. The molecule has 1 aliphatic rings. The Hall–Kier alpha value is -0.480. The van der Waals surface area contributed by atoms with Crippen LogP contribution in [0.2, 0.25) is 0 Å². The molecule has 0 aromatic carbocycles. The maximum Gasteiger partial charge on any atom is 0.0682 e. The highest BCUT2D eigenvalue weighted by molar-refractivity contribution is 5.02. The molecule has 1 rings (SSSR count). The van der Waals surface area contributed by atoms with Gasteiger partial charge in [-0.05, 0) is 17.8 Å². The normalized spacial score (nSPS) is 30.8. The van der Waals surface area contributed by atoms with Crippen LogP contribution in [-0.4, -0.2) is 11.2 Å². The Labute approximate surface area is 62.4 Å². The summed E-state index contributed by atoms with van der Waals surface area (Å²) in [5.74, 6) is 2.92. The quantitative estimate of drug-likeness (QED) is 0.572. The first kappa shape index (κ1) is 7.63. The van der Waals surface area contributed by atoms with E-state index in [1.165, 1.54) is 0 Å². The number of hydrogen-bond donors (Lipinski definition) is 1. The maximum absolute atomic E-state index is 9.38. The summed E-state index contributed by atoms with van der Waals surface area (Å²) in [6.07, 6.45) is 6.44. The van der Waals surface area contributed by atoms with Crippen LogP contribution in [0.25, 0.3) is 0 Å². The van der Waals surface area contributed by atoms with Gasteiger partial charge in [-0.15, -0.1) is 12.3 Å². The van der Waals surface area contributed by atoms with Crippen LogP contribution in [0.1, 0.15) is 26.7 Å². The van der Waals surface area contributed by atoms with E-state index in [1.54, 1.807) is 0 Å². The molecule has 0 bridgehead atoms. The van der Waals surface area contributed by atoms with Gasteiger partial charge in [0.05, 0.1) is 6.10 Å². The molecule has 1 aliphatic carbocycles. The lowest BCUT2D eigenvalue weighted by Gasteiger charge is -2.07. The third kappa shape index (κ3) is 1.33. The van der Waals surface area contributed by atoms with Crippen LogP contribution in [0.3, 0.4) is 0 Å². The second-order valence-electron chi connectivity index (χ2n) is 3.77. The summed E-state index contributed by atoms with van der Waals surface area (Å²) >= 11 is 0. The average molecular weight is 138 g/mol. The van der Waals surface area contributed by atoms with Crippen LogP contribution < -0.4 is 0 Å². The van der Waals surface area contributed by atoms with E-state index in [4.69, 9.17) is 6.42 Å². The Morgan fingerprint density at radius 2 is 2.30 bits per heavy atom. The molecule has 10 heavy (non-hydrogen) atoms. The van der Waals surface area contributed by atoms with Crippen molar-refractivity contribution in [1.29, 1.82) is 0 Å². The minimum Gasteiger partial charge on any atom is -0.392 e. The van der Waals surface area contributed by atoms with E-state index >= 15 is 0 Å². The zero-order valence-electron chi connectivity index (χ0n) is 6.59. The van der Waals surface area contributed by atoms with Crippen molar-refractivity contribution in [2.24, 2.45) is 11.3 Å². The molecular weight excluding hydrogens is 124 g/mol. The SMILES string of the molecule is C#CCC(O)C1CC1(C)C. The maximum atomic E-state index is 9.38. The zero-order valence-corrected chi connectivity index (χ0v) is 6.59. The first-order chi connectivity index (χ1) is 4.58. The Morgan fingerprint density at radius 1 is 1.80 bits per heavy atom. The van der Waals surface area contributed by atoms with Crippen LogP contribution in [0, 0.1) is 23.7 Å². The van der Waals surface area contributed by atoms with Crippen molar-refractivity contribution in [3.05, 3.63) is 0 Å². The van der Waals surface area contributed by atoms with E-state index in [2.05, 4.69) is 19.8 Å². The van der Waals surface area contributed by atoms with Crippen molar-refractivity contribution in [2.75, 3.05) is 0 Å². The van der Waals surface area contributed by atoms with Crippen molar-refractivity contribution in [1.82, 2.24) is 0 Å². The minimum atomic E-state index is -0.264. The second-order valence-corrected chi connectivity index (χ2v) is 3.77. The highest BCUT2D eigenvalue weighted by Gasteiger charge is 2.49. The predicted octanol–water partition coefficient (Wildman–Crippen LogP) is 1.42. The molecule has 0 aromatic heterocycles. The van der Waals surface area contributed by atoms with Crippen LogP contribution in [-0.2, 0) is 0 Å². The molecule has 1 saturated carbocycles. The van der Waals surface area contributed by atoms with Gasteiger partial charge in [0.2, 0.25) is 0 Å². The summed E-state index contributed by atoms with van der Waals surface area (Å²) in [6, 6.07) is 0. The molecule has 1 nitrogen and oxygen atoms in total. The smallest absolute Gasteiger partial charge is 0.0682 e. The first-order valence-corrected chi connectivity index (χ1v) is 3.69. The Bertz CT molecular complexity index is 164. The van der Waals surface area contributed by atoms with Crippen molar-refractivity contribution in [3.8, 4) is 12.3 Å². The van der Waals surface area contributed by atoms with Gasteiger partial charge >= 0.3 is 0 Å². The van der Waals surface area contributed by atoms with E-state index in [1.807, 2.05) is 0 Å². The number of hydrogen-bond acceptors (Lipinski definition) is 1. The molecule has 2 unspecified atom stereocenters. The molecule has 56 valence electrons. The minimum absolute atomic E-state index is 0.264. The third-order valence-corrected chi connectivity index (χ3v) is 2.38. The fourth-order valence-electron chi connectivity index (χ4n) is 1.43. The highest BCUT2D eigenvalue weighted by atomic mass is 16.3. The lowest BCUT2D eigenvalue weighted by molar-refractivity contribution is 0.142. The van der Waals surface area contributed by atoms with Crippen molar-refractivity contribution < 1.29 is 5.11 Å². The van der Waals surface area contributed by atoms with Gasteiger partial charge in [-0.3, -0.25) is 0 Å². The summed E-state index contributed by atoms with van der Waals surface area (Å²) in [7, 11) is 0. The summed E-state index contributed by atoms with van der Waals surface area (Å²) in [5, 5.41) is 9.38. The number of aliphatic hydroxyl groups is 1. The molecule has 0 aliphatic heterocycles. The molecule has 0 heterocycles. The van der Waals surface area contributed by atoms with Crippen molar-refractivity contribution in [3.63, 3.8) is 0 Å². The first-order valence-electron chi connectivity index (χ1n) is 3.69. The lowest BCUT2D eigenvalue weighted by atomic mass is 10.0. The molecule has 0 aromatic rings. The van der Waals surface area contributed by atoms with Gasteiger partial charge in [0.1, 0.15) is 0 Å². The fourth-order valence-corrected chi connectivity index (χ4v) is 1.43. The second kappa shape index (κ2) is 2.29. The van der Waals surface area contributed by atoms with Gasteiger partial charge in [-0.1, -0.05) is 13.8 Å². The topological polar surface area (TPSA) is 20.2 Å². The van der Waals surface area contributed by atoms with Crippen LogP contribution in [0.5, 0.6) is 0 Å². The van der Waals surface area contributed by atoms with Gasteiger partial charge in [-0.2, -0.15) is 0 Å². The predicted molar refractivity (Wildman–Crippen MR) is 41.3 cm³/mol. The van der Waals surface area contributed by atoms with Gasteiger partial charge < -0.3 is 5.11 Å². The Morgan fingerprint density at radius 3 is 2.60 bits per heavy atom. The third-order valence-electron chi connectivity index (χ3n) is 2.38. The molecule has 1 N–H and O–H groups in total. The van der Waals surface area contributed by atoms with E-state index < -0.39 is 0 Å². The number of terminal acetylenes is 1. The zero-order chi connectivity index (χ0) is 7.78. The summed E-state index contributed by atoms with van der Waals surface area (Å²) in [6.45, 7) is 4.33. The molecule has 2 atom stereocenters. The van der Waals surface area contributed by atoms with Crippen molar-refractivity contribution in [2.45, 2.75) is 32.8 Å². The van der Waals surface area contributed by atoms with Crippen LogP contribution in [0.4, 0.5) is 0 Å². The molecule has 0 radical (unpaired) electrons. The lowest BCUT2D eigenvalue weighted by Crippen LogP contribution is -2.11. The van der Waals surface area contributed by atoms with Crippen LogP contribution in [0.15, 0.2) is 0 Å². The van der Waals surface area contributed by atoms with E-state index in [0.29, 0.717) is 17.8 Å². The van der Waals surface area contributed by atoms with Gasteiger partial charge in [-0.25, -0.2) is 0 Å². The Balaban J connectivity index is 2.34. The average Bonchev–Trinajstić information content (AvgIpc) is 2.41. The van der Waals surface area contributed by atoms with Crippen LogP contribution >= 0.6 is 0 Å². The standard InChI is InChI=1S/C9H14O/c1-4-5-8(10)7-6-9(7,2)3/h1,7-8,10H,5-6H2,2-3H3. The van der Waals surface area contributed by atoms with E-state index in [9.17, 15) is 5.11 Å². The molecule has 1 fully saturated rings. The van der Waals surface area contributed by atoms with Gasteiger partial charge in [0.15, 0.2) is 0 Å². The molecular formula is C9H14O. The van der Waals surface area contributed by atoms with Gasteiger partial charge in [0, 0.05) is 6.42 Å². The summed E-state index contributed by atoms with van der Waals surface area (Å²) in [4.78, 5) is 0. The monoisotopic (exact) mass is 138 g/mol. The summed E-state index contributed by atoms with van der Waals surface area (Å²) < 4.78 is 0. The fraction of sp³-hybridized carbons (Fsp3) is 0.778. The van der Waals surface area contributed by atoms with E-state index in [-0.39, 0.29) is 6.10 Å². The van der Waals surface area contributed by atoms with Crippen molar-refractivity contribution >= 4 is 0 Å². The van der Waals surface area contributed by atoms with Gasteiger partial charge in [0.25, 0.3) is 0 Å². The molecule has 1 heteroatoms. The van der Waals surface area contributed by atoms with E-state index in [0.717, 1.165) is 6.42 Å². The molecule has 0 amide bonds. The largest absolute Gasteiger partial charge is 0.392 e. The molecule has 0 spiro atoms. The number of aliphatic hydroxyl groups excluding tert-OH is 1. The highest BCUT2D eigenvalue weighted by Crippen LogP contribution is 2.53.